The van der Waals surface area contributed by atoms with Crippen molar-refractivity contribution in [3.63, 3.8) is 0 Å². The van der Waals surface area contributed by atoms with Crippen molar-refractivity contribution >= 4 is 21.4 Å². The van der Waals surface area contributed by atoms with E-state index in [-0.39, 0.29) is 4.90 Å². The number of hydrogen-bond donors (Lipinski definition) is 2. The summed E-state index contributed by atoms with van der Waals surface area (Å²) >= 11 is 0. The number of nitrogen functional groups attached to an aromatic ring is 1. The first kappa shape index (κ1) is 13.8. The molecule has 1 aromatic carbocycles. The Bertz CT molecular complexity index is 499. The van der Waals surface area contributed by atoms with Crippen LogP contribution in [-0.4, -0.2) is 21.5 Å². The van der Waals surface area contributed by atoms with Gasteiger partial charge in [-0.25, -0.2) is 13.6 Å². The monoisotopic (exact) mass is 257 g/mol. The number of primary sulfonamides is 1. The second-order valence-electron chi connectivity index (χ2n) is 4.13. The molecule has 0 aliphatic rings. The molecule has 1 atom stereocenters. The van der Waals surface area contributed by atoms with E-state index in [4.69, 9.17) is 10.9 Å². The van der Waals surface area contributed by atoms with Crippen LogP contribution in [0.25, 0.3) is 0 Å². The molecule has 1 rings (SSSR count). The van der Waals surface area contributed by atoms with Crippen LogP contribution in [0.4, 0.5) is 11.4 Å². The van der Waals surface area contributed by atoms with Crippen LogP contribution in [0.15, 0.2) is 23.1 Å². The molecule has 96 valence electrons. The molecule has 0 aliphatic carbocycles. The molecule has 1 unspecified atom stereocenters. The fourth-order valence-electron chi connectivity index (χ4n) is 1.54. The molecule has 0 saturated heterocycles. The number of benzene rings is 1. The van der Waals surface area contributed by atoms with Gasteiger partial charge in [0.25, 0.3) is 0 Å². The van der Waals surface area contributed by atoms with E-state index >= 15 is 0 Å². The molecule has 0 aliphatic heterocycles. The summed E-state index contributed by atoms with van der Waals surface area (Å²) in [5, 5.41) is 5.04. The normalized spacial score (nSPS) is 13.4. The molecule has 4 N–H and O–H groups in total. The molecule has 0 spiro atoms. The SMILES string of the molecule is CCC(C)N(C)c1ccc(S(N)(=O)=O)cc1N. The lowest BCUT2D eigenvalue weighted by molar-refractivity contribution is 0.598. The van der Waals surface area contributed by atoms with Crippen LogP contribution < -0.4 is 15.8 Å². The van der Waals surface area contributed by atoms with E-state index in [1.54, 1.807) is 6.07 Å². The molecule has 0 bridgehead atoms. The molecule has 0 amide bonds. The summed E-state index contributed by atoms with van der Waals surface area (Å²) in [6.45, 7) is 4.16. The van der Waals surface area contributed by atoms with E-state index in [9.17, 15) is 8.42 Å². The molecule has 5 nitrogen and oxygen atoms in total. The molecule has 0 heterocycles. The summed E-state index contributed by atoms with van der Waals surface area (Å²) < 4.78 is 22.3. The second-order valence-corrected chi connectivity index (χ2v) is 5.70. The highest BCUT2D eigenvalue weighted by Crippen LogP contribution is 2.26. The summed E-state index contributed by atoms with van der Waals surface area (Å²) in [5.74, 6) is 0. The minimum Gasteiger partial charge on any atom is -0.397 e. The van der Waals surface area contributed by atoms with Gasteiger partial charge in [0.15, 0.2) is 0 Å². The van der Waals surface area contributed by atoms with E-state index in [1.165, 1.54) is 12.1 Å². The first-order chi connectivity index (χ1) is 7.77. The minimum absolute atomic E-state index is 0.0382. The van der Waals surface area contributed by atoms with Gasteiger partial charge in [0.1, 0.15) is 0 Å². The van der Waals surface area contributed by atoms with Gasteiger partial charge in [-0.1, -0.05) is 6.92 Å². The Morgan fingerprint density at radius 1 is 1.41 bits per heavy atom. The third-order valence-electron chi connectivity index (χ3n) is 2.96. The van der Waals surface area contributed by atoms with E-state index in [0.717, 1.165) is 12.1 Å². The predicted molar refractivity (Wildman–Crippen MR) is 70.4 cm³/mol. The lowest BCUT2D eigenvalue weighted by Gasteiger charge is -2.27. The highest BCUT2D eigenvalue weighted by molar-refractivity contribution is 7.89. The highest BCUT2D eigenvalue weighted by atomic mass is 32.2. The van der Waals surface area contributed by atoms with Gasteiger partial charge in [-0.2, -0.15) is 0 Å². The third kappa shape index (κ3) is 3.10. The molecular weight excluding hydrogens is 238 g/mol. The van der Waals surface area contributed by atoms with E-state index in [0.29, 0.717) is 11.7 Å². The summed E-state index contributed by atoms with van der Waals surface area (Å²) in [7, 11) is -1.77. The van der Waals surface area contributed by atoms with Crippen LogP contribution in [0.1, 0.15) is 20.3 Å². The van der Waals surface area contributed by atoms with Gasteiger partial charge in [0, 0.05) is 13.1 Å². The zero-order chi connectivity index (χ0) is 13.2. The van der Waals surface area contributed by atoms with Crippen molar-refractivity contribution in [1.82, 2.24) is 0 Å². The average Bonchev–Trinajstić information content (AvgIpc) is 2.25. The van der Waals surface area contributed by atoms with Gasteiger partial charge in [-0.05, 0) is 31.5 Å². The van der Waals surface area contributed by atoms with Crippen LogP contribution in [0.5, 0.6) is 0 Å². The largest absolute Gasteiger partial charge is 0.397 e. The first-order valence-corrected chi connectivity index (χ1v) is 6.97. The Morgan fingerprint density at radius 3 is 2.41 bits per heavy atom. The molecule has 0 saturated carbocycles. The molecule has 17 heavy (non-hydrogen) atoms. The Kier molecular flexibility index (Phi) is 4.00. The minimum atomic E-state index is -3.69. The molecule has 6 heteroatoms. The highest BCUT2D eigenvalue weighted by Gasteiger charge is 2.14. The number of nitrogens with zero attached hydrogens (tertiary/aromatic N) is 1. The van der Waals surface area contributed by atoms with Crippen molar-refractivity contribution in [1.29, 1.82) is 0 Å². The second kappa shape index (κ2) is 4.93. The van der Waals surface area contributed by atoms with Crippen LogP contribution in [-0.2, 0) is 10.0 Å². The Labute approximate surface area is 102 Å². The van der Waals surface area contributed by atoms with Crippen molar-refractivity contribution in [2.24, 2.45) is 5.14 Å². The first-order valence-electron chi connectivity index (χ1n) is 5.42. The van der Waals surface area contributed by atoms with Gasteiger partial charge in [-0.3, -0.25) is 0 Å². The maximum atomic E-state index is 11.2. The Balaban J connectivity index is 3.15. The van der Waals surface area contributed by atoms with Gasteiger partial charge < -0.3 is 10.6 Å². The predicted octanol–water partition coefficient (Wildman–Crippen LogP) is 1.15. The van der Waals surface area contributed by atoms with E-state index in [2.05, 4.69) is 13.8 Å². The summed E-state index contributed by atoms with van der Waals surface area (Å²) in [6, 6.07) is 4.88. The number of sulfonamides is 1. The molecule has 0 fully saturated rings. The summed E-state index contributed by atoms with van der Waals surface area (Å²) in [6.07, 6.45) is 0.979. The number of nitrogens with two attached hydrogens (primary N) is 2. The van der Waals surface area contributed by atoms with Crippen molar-refractivity contribution in [3.8, 4) is 0 Å². The van der Waals surface area contributed by atoms with Crippen molar-refractivity contribution < 1.29 is 8.42 Å². The molecule has 0 aromatic heterocycles. The third-order valence-corrected chi connectivity index (χ3v) is 3.87. The van der Waals surface area contributed by atoms with Crippen LogP contribution in [0.2, 0.25) is 0 Å². The van der Waals surface area contributed by atoms with Gasteiger partial charge in [0.05, 0.1) is 16.3 Å². The fourth-order valence-corrected chi connectivity index (χ4v) is 2.09. The zero-order valence-corrected chi connectivity index (χ0v) is 11.2. The van der Waals surface area contributed by atoms with Crippen molar-refractivity contribution in [2.45, 2.75) is 31.2 Å². The van der Waals surface area contributed by atoms with E-state index < -0.39 is 10.0 Å². The quantitative estimate of drug-likeness (QED) is 0.792. The van der Waals surface area contributed by atoms with Gasteiger partial charge in [-0.15, -0.1) is 0 Å². The van der Waals surface area contributed by atoms with Crippen LogP contribution in [0, 0.1) is 0 Å². The number of hydrogen-bond acceptors (Lipinski definition) is 4. The van der Waals surface area contributed by atoms with Crippen molar-refractivity contribution in [2.75, 3.05) is 17.7 Å². The maximum Gasteiger partial charge on any atom is 0.238 e. The van der Waals surface area contributed by atoms with Gasteiger partial charge >= 0.3 is 0 Å². The lowest BCUT2D eigenvalue weighted by Crippen LogP contribution is -2.28. The van der Waals surface area contributed by atoms with Gasteiger partial charge in [0.2, 0.25) is 10.0 Å². The smallest absolute Gasteiger partial charge is 0.238 e. The number of anilines is 2. The lowest BCUT2D eigenvalue weighted by atomic mass is 10.2. The topological polar surface area (TPSA) is 89.4 Å². The van der Waals surface area contributed by atoms with Crippen LogP contribution in [0.3, 0.4) is 0 Å². The van der Waals surface area contributed by atoms with E-state index in [1.807, 2.05) is 11.9 Å². The zero-order valence-electron chi connectivity index (χ0n) is 10.3. The average molecular weight is 257 g/mol. The number of rotatable bonds is 4. The summed E-state index contributed by atoms with van der Waals surface area (Å²) in [4.78, 5) is 2.05. The molecule has 1 aromatic rings. The van der Waals surface area contributed by atoms with Crippen LogP contribution >= 0.6 is 0 Å². The summed E-state index contributed by atoms with van der Waals surface area (Å²) in [5.41, 5.74) is 7.08. The van der Waals surface area contributed by atoms with Crippen molar-refractivity contribution in [3.05, 3.63) is 18.2 Å². The standard InChI is InChI=1S/C11H19N3O2S/c1-4-8(2)14(3)11-6-5-9(7-10(11)12)17(13,15)16/h5-8H,4,12H2,1-3H3,(H2,13,15,16). The maximum absolute atomic E-state index is 11.2. The molecule has 0 radical (unpaired) electrons. The molecular formula is C11H19N3O2S. The Hall–Kier alpha value is -1.27. The Morgan fingerprint density at radius 2 is 2.00 bits per heavy atom. The fraction of sp³-hybridized carbons (Fsp3) is 0.455.